The quantitative estimate of drug-likeness (QED) is 0.860. The lowest BCUT2D eigenvalue weighted by Gasteiger charge is -2.13. The van der Waals surface area contributed by atoms with Crippen LogP contribution < -0.4 is 5.73 Å². The van der Waals surface area contributed by atoms with Crippen molar-refractivity contribution in [2.45, 2.75) is 45.4 Å². The maximum atomic E-state index is 5.78. The number of nitrogens with zero attached hydrogens (tertiary/aromatic N) is 4. The second-order valence-electron chi connectivity index (χ2n) is 4.34. The summed E-state index contributed by atoms with van der Waals surface area (Å²) in [5.74, 6) is 0.951. The molecular weight excluding hydrogens is 214 g/mol. The van der Waals surface area contributed by atoms with Crippen LogP contribution in [0.15, 0.2) is 12.5 Å². The Bertz CT molecular complexity index is 485. The van der Waals surface area contributed by atoms with Crippen LogP contribution in [0.5, 0.6) is 0 Å². The van der Waals surface area contributed by atoms with Gasteiger partial charge < -0.3 is 5.73 Å². The zero-order chi connectivity index (χ0) is 12.3. The summed E-state index contributed by atoms with van der Waals surface area (Å²) >= 11 is 0. The van der Waals surface area contributed by atoms with Crippen molar-refractivity contribution in [3.05, 3.63) is 18.2 Å². The predicted molar refractivity (Wildman–Crippen MR) is 67.8 cm³/mol. The summed E-state index contributed by atoms with van der Waals surface area (Å²) in [6.07, 6.45) is 8.02. The van der Waals surface area contributed by atoms with E-state index in [2.05, 4.69) is 28.9 Å². The fourth-order valence-electron chi connectivity index (χ4n) is 2.27. The lowest BCUT2D eigenvalue weighted by Crippen LogP contribution is -2.06. The average molecular weight is 233 g/mol. The van der Waals surface area contributed by atoms with E-state index in [1.165, 1.54) is 19.2 Å². The molecule has 2 heterocycles. The van der Waals surface area contributed by atoms with Crippen LogP contribution in [-0.2, 0) is 0 Å². The van der Waals surface area contributed by atoms with Crippen LogP contribution in [0.1, 0.15) is 51.1 Å². The first-order valence-corrected chi connectivity index (χ1v) is 6.22. The molecule has 0 saturated heterocycles. The summed E-state index contributed by atoms with van der Waals surface area (Å²) in [5.41, 5.74) is 7.60. The highest BCUT2D eigenvalue weighted by Gasteiger charge is 2.16. The standard InChI is InChI=1S/C12H19N5/c1-3-5-9(6-4-2)10-7-14-12-11(13)15-8-16-17(10)12/h7-9H,3-6H2,1-2H3,(H2,13,15,16). The van der Waals surface area contributed by atoms with Gasteiger partial charge in [-0.3, -0.25) is 0 Å². The number of imidazole rings is 1. The van der Waals surface area contributed by atoms with Gasteiger partial charge in [-0.05, 0) is 12.8 Å². The first kappa shape index (κ1) is 11.8. The summed E-state index contributed by atoms with van der Waals surface area (Å²) in [7, 11) is 0. The zero-order valence-corrected chi connectivity index (χ0v) is 10.4. The Morgan fingerprint density at radius 2 is 1.94 bits per heavy atom. The van der Waals surface area contributed by atoms with Crippen LogP contribution in [0.4, 0.5) is 5.82 Å². The molecular formula is C12H19N5. The second kappa shape index (κ2) is 5.12. The Kier molecular flexibility index (Phi) is 3.56. The molecule has 0 spiro atoms. The van der Waals surface area contributed by atoms with Gasteiger partial charge in [-0.25, -0.2) is 14.5 Å². The molecule has 0 unspecified atom stereocenters. The van der Waals surface area contributed by atoms with Gasteiger partial charge in [0.05, 0.1) is 11.9 Å². The van der Waals surface area contributed by atoms with E-state index in [1.807, 2.05) is 10.7 Å². The third-order valence-electron chi connectivity index (χ3n) is 3.05. The topological polar surface area (TPSA) is 69.1 Å². The molecule has 0 amide bonds. The van der Waals surface area contributed by atoms with Gasteiger partial charge >= 0.3 is 0 Å². The van der Waals surface area contributed by atoms with Crippen LogP contribution in [0.3, 0.4) is 0 Å². The SMILES string of the molecule is CCCC(CCC)c1cnc2c(N)ncnn12. The van der Waals surface area contributed by atoms with Crippen molar-refractivity contribution in [2.75, 3.05) is 5.73 Å². The van der Waals surface area contributed by atoms with Gasteiger partial charge in [-0.15, -0.1) is 0 Å². The van der Waals surface area contributed by atoms with Gasteiger partial charge in [0.15, 0.2) is 11.5 Å². The van der Waals surface area contributed by atoms with Gasteiger partial charge in [-0.2, -0.15) is 5.10 Å². The highest BCUT2D eigenvalue weighted by atomic mass is 15.3. The van der Waals surface area contributed by atoms with E-state index in [0.717, 1.165) is 18.5 Å². The maximum Gasteiger partial charge on any atom is 0.196 e. The molecule has 0 aliphatic carbocycles. The van der Waals surface area contributed by atoms with Crippen molar-refractivity contribution < 1.29 is 0 Å². The minimum Gasteiger partial charge on any atom is -0.381 e. The molecule has 0 fully saturated rings. The normalized spacial score (nSPS) is 11.5. The minimum atomic E-state index is 0.443. The van der Waals surface area contributed by atoms with Crippen molar-refractivity contribution in [3.63, 3.8) is 0 Å². The number of anilines is 1. The highest BCUT2D eigenvalue weighted by Crippen LogP contribution is 2.26. The van der Waals surface area contributed by atoms with Crippen LogP contribution in [0, 0.1) is 0 Å². The Hall–Kier alpha value is -1.65. The summed E-state index contributed by atoms with van der Waals surface area (Å²) in [4.78, 5) is 8.27. The number of aromatic nitrogens is 4. The third kappa shape index (κ3) is 2.23. The van der Waals surface area contributed by atoms with Crippen molar-refractivity contribution in [3.8, 4) is 0 Å². The molecule has 0 aliphatic heterocycles. The van der Waals surface area contributed by atoms with Crippen molar-refractivity contribution in [1.82, 2.24) is 19.6 Å². The lowest BCUT2D eigenvalue weighted by atomic mass is 9.95. The molecule has 2 rings (SSSR count). The molecule has 5 heteroatoms. The van der Waals surface area contributed by atoms with E-state index < -0.39 is 0 Å². The fourth-order valence-corrected chi connectivity index (χ4v) is 2.27. The Balaban J connectivity index is 2.42. The van der Waals surface area contributed by atoms with Crippen molar-refractivity contribution >= 4 is 11.5 Å². The summed E-state index contributed by atoms with van der Waals surface area (Å²) in [6, 6.07) is 0. The van der Waals surface area contributed by atoms with Crippen LogP contribution in [0.25, 0.3) is 5.65 Å². The van der Waals surface area contributed by atoms with Crippen molar-refractivity contribution in [2.24, 2.45) is 0 Å². The number of nitrogens with two attached hydrogens (primary N) is 1. The van der Waals surface area contributed by atoms with Gasteiger partial charge in [0.1, 0.15) is 6.33 Å². The smallest absolute Gasteiger partial charge is 0.196 e. The fraction of sp³-hybridized carbons (Fsp3) is 0.583. The van der Waals surface area contributed by atoms with E-state index >= 15 is 0 Å². The maximum absolute atomic E-state index is 5.78. The highest BCUT2D eigenvalue weighted by molar-refractivity contribution is 5.58. The Labute approximate surface area is 101 Å². The van der Waals surface area contributed by atoms with E-state index in [0.29, 0.717) is 17.4 Å². The molecule has 0 aromatic carbocycles. The number of hydrogen-bond donors (Lipinski definition) is 1. The average Bonchev–Trinajstić information content (AvgIpc) is 2.74. The van der Waals surface area contributed by atoms with Gasteiger partial charge in [0.25, 0.3) is 0 Å². The Morgan fingerprint density at radius 3 is 2.59 bits per heavy atom. The largest absolute Gasteiger partial charge is 0.381 e. The first-order chi connectivity index (χ1) is 8.27. The molecule has 92 valence electrons. The van der Waals surface area contributed by atoms with Gasteiger partial charge in [0.2, 0.25) is 0 Å². The van der Waals surface area contributed by atoms with Crippen LogP contribution in [0.2, 0.25) is 0 Å². The number of fused-ring (bicyclic) bond motifs is 1. The molecule has 5 nitrogen and oxygen atoms in total. The van der Waals surface area contributed by atoms with E-state index in [-0.39, 0.29) is 0 Å². The van der Waals surface area contributed by atoms with Crippen molar-refractivity contribution in [1.29, 1.82) is 0 Å². The van der Waals surface area contributed by atoms with Crippen LogP contribution >= 0.6 is 0 Å². The van der Waals surface area contributed by atoms with Crippen LogP contribution in [-0.4, -0.2) is 19.6 Å². The molecule has 2 aromatic heterocycles. The zero-order valence-electron chi connectivity index (χ0n) is 10.4. The van der Waals surface area contributed by atoms with Gasteiger partial charge in [-0.1, -0.05) is 26.7 Å². The molecule has 0 aliphatic rings. The first-order valence-electron chi connectivity index (χ1n) is 6.22. The Morgan fingerprint density at radius 1 is 1.24 bits per heavy atom. The number of hydrogen-bond acceptors (Lipinski definition) is 4. The monoisotopic (exact) mass is 233 g/mol. The molecule has 0 atom stereocenters. The second-order valence-corrected chi connectivity index (χ2v) is 4.34. The predicted octanol–water partition coefficient (Wildman–Crippen LogP) is 2.39. The summed E-state index contributed by atoms with van der Waals surface area (Å²) in [5, 5.41) is 4.25. The summed E-state index contributed by atoms with van der Waals surface area (Å²) in [6.45, 7) is 4.41. The van der Waals surface area contributed by atoms with Gasteiger partial charge in [0, 0.05) is 5.92 Å². The molecule has 0 bridgehead atoms. The third-order valence-corrected chi connectivity index (χ3v) is 3.05. The number of rotatable bonds is 5. The molecule has 17 heavy (non-hydrogen) atoms. The number of nitrogen functional groups attached to an aromatic ring is 1. The molecule has 0 saturated carbocycles. The lowest BCUT2D eigenvalue weighted by molar-refractivity contribution is 0.537. The molecule has 2 aromatic rings. The minimum absolute atomic E-state index is 0.443. The molecule has 2 N–H and O–H groups in total. The van der Waals surface area contributed by atoms with E-state index in [9.17, 15) is 0 Å². The summed E-state index contributed by atoms with van der Waals surface area (Å²) < 4.78 is 1.83. The van der Waals surface area contributed by atoms with E-state index in [4.69, 9.17) is 5.73 Å². The van der Waals surface area contributed by atoms with E-state index in [1.54, 1.807) is 0 Å². The molecule has 0 radical (unpaired) electrons.